The number of amides is 1. The van der Waals surface area contributed by atoms with Gasteiger partial charge in [-0.3, -0.25) is 4.79 Å². The van der Waals surface area contributed by atoms with Crippen LogP contribution >= 0.6 is 0 Å². The van der Waals surface area contributed by atoms with Gasteiger partial charge in [-0.25, -0.2) is 4.39 Å². The van der Waals surface area contributed by atoms with E-state index in [-0.39, 0.29) is 17.5 Å². The minimum absolute atomic E-state index is 0.136. The monoisotopic (exact) mass is 502 g/mol. The molecule has 1 aliphatic heterocycles. The normalized spacial score (nSPS) is 15.2. The maximum Gasteiger partial charge on any atom is 0.222 e. The SMILES string of the molecule is O=C(CCCOc1ccccc1F)N1CCCCCCCCN(Cc2ccccc2)c2ccccc2C1. The summed E-state index contributed by atoms with van der Waals surface area (Å²) in [6.07, 6.45) is 7.98. The van der Waals surface area contributed by atoms with Crippen molar-refractivity contribution in [1.82, 2.24) is 4.90 Å². The molecule has 4 nitrogen and oxygen atoms in total. The Labute approximate surface area is 221 Å². The van der Waals surface area contributed by atoms with E-state index in [1.54, 1.807) is 18.2 Å². The second-order valence-corrected chi connectivity index (χ2v) is 9.85. The van der Waals surface area contributed by atoms with Crippen LogP contribution in [-0.4, -0.2) is 30.5 Å². The lowest BCUT2D eigenvalue weighted by molar-refractivity contribution is -0.132. The molecule has 0 fully saturated rings. The van der Waals surface area contributed by atoms with Gasteiger partial charge in [-0.05, 0) is 48.6 Å². The van der Waals surface area contributed by atoms with Gasteiger partial charge in [-0.1, -0.05) is 86.3 Å². The van der Waals surface area contributed by atoms with Crippen LogP contribution in [0.4, 0.5) is 10.1 Å². The average molecular weight is 503 g/mol. The second-order valence-electron chi connectivity index (χ2n) is 9.85. The fourth-order valence-corrected chi connectivity index (χ4v) is 4.98. The average Bonchev–Trinajstić information content (AvgIpc) is 2.94. The molecule has 0 saturated heterocycles. The minimum atomic E-state index is -0.371. The fourth-order valence-electron chi connectivity index (χ4n) is 4.98. The number of hydrogen-bond donors (Lipinski definition) is 0. The summed E-state index contributed by atoms with van der Waals surface area (Å²) < 4.78 is 19.4. The van der Waals surface area contributed by atoms with Gasteiger partial charge in [0.25, 0.3) is 0 Å². The van der Waals surface area contributed by atoms with Crippen molar-refractivity contribution >= 4 is 11.6 Å². The zero-order valence-electron chi connectivity index (χ0n) is 21.8. The van der Waals surface area contributed by atoms with Crippen molar-refractivity contribution in [2.75, 3.05) is 24.6 Å². The highest BCUT2D eigenvalue weighted by atomic mass is 19.1. The molecule has 0 atom stereocenters. The van der Waals surface area contributed by atoms with E-state index in [0.29, 0.717) is 26.0 Å². The van der Waals surface area contributed by atoms with Crippen molar-refractivity contribution in [2.45, 2.75) is 64.5 Å². The second kappa shape index (κ2) is 14.4. The van der Waals surface area contributed by atoms with Crippen molar-refractivity contribution in [1.29, 1.82) is 0 Å². The molecule has 37 heavy (non-hydrogen) atoms. The van der Waals surface area contributed by atoms with Crippen molar-refractivity contribution < 1.29 is 13.9 Å². The standard InChI is InChI=1S/C32H39FN2O2/c33-29-18-9-11-20-31(29)37-24-14-21-32(36)35-23-13-4-2-1-3-12-22-34(25-27-15-6-5-7-16-27)30-19-10-8-17-28(30)26-35/h5-11,15-20H,1-4,12-14,21-26H2. The number of benzene rings is 3. The number of para-hydroxylation sites is 2. The van der Waals surface area contributed by atoms with Gasteiger partial charge < -0.3 is 14.5 Å². The summed E-state index contributed by atoms with van der Waals surface area (Å²) in [4.78, 5) is 17.8. The first-order valence-corrected chi connectivity index (χ1v) is 13.7. The molecule has 0 N–H and O–H groups in total. The van der Waals surface area contributed by atoms with E-state index in [0.717, 1.165) is 32.5 Å². The largest absolute Gasteiger partial charge is 0.491 e. The molecule has 0 spiro atoms. The van der Waals surface area contributed by atoms with Gasteiger partial charge in [0.1, 0.15) is 0 Å². The Morgan fingerprint density at radius 2 is 1.46 bits per heavy atom. The quantitative estimate of drug-likeness (QED) is 0.316. The number of hydrogen-bond acceptors (Lipinski definition) is 3. The highest BCUT2D eigenvalue weighted by Crippen LogP contribution is 2.26. The highest BCUT2D eigenvalue weighted by molar-refractivity contribution is 5.76. The Kier molecular flexibility index (Phi) is 10.4. The Morgan fingerprint density at radius 1 is 0.784 bits per heavy atom. The number of halogens is 1. The summed E-state index contributed by atoms with van der Waals surface area (Å²) in [7, 11) is 0. The Morgan fingerprint density at radius 3 is 2.27 bits per heavy atom. The Hall–Kier alpha value is -3.34. The molecular formula is C32H39FN2O2. The van der Waals surface area contributed by atoms with Crippen LogP contribution < -0.4 is 9.64 Å². The third-order valence-electron chi connectivity index (χ3n) is 7.00. The first kappa shape index (κ1) is 26.7. The van der Waals surface area contributed by atoms with Gasteiger partial charge in [0.15, 0.2) is 11.6 Å². The molecule has 1 amide bonds. The maximum absolute atomic E-state index is 13.8. The molecule has 5 heteroatoms. The van der Waals surface area contributed by atoms with Crippen molar-refractivity contribution in [2.24, 2.45) is 0 Å². The molecule has 0 radical (unpaired) electrons. The van der Waals surface area contributed by atoms with Crippen molar-refractivity contribution in [3.63, 3.8) is 0 Å². The van der Waals surface area contributed by atoms with Crippen LogP contribution in [0.3, 0.4) is 0 Å². The van der Waals surface area contributed by atoms with Crippen LogP contribution in [0, 0.1) is 5.82 Å². The number of ether oxygens (including phenoxy) is 1. The predicted molar refractivity (Wildman–Crippen MR) is 148 cm³/mol. The third kappa shape index (κ3) is 8.34. The number of anilines is 1. The number of nitrogens with zero attached hydrogens (tertiary/aromatic N) is 2. The molecule has 0 bridgehead atoms. The van der Waals surface area contributed by atoms with E-state index >= 15 is 0 Å². The van der Waals surface area contributed by atoms with Gasteiger partial charge in [-0.15, -0.1) is 0 Å². The maximum atomic E-state index is 13.8. The molecule has 196 valence electrons. The van der Waals surface area contributed by atoms with E-state index in [1.165, 1.54) is 48.6 Å². The lowest BCUT2D eigenvalue weighted by Gasteiger charge is -2.30. The first-order chi connectivity index (χ1) is 18.2. The van der Waals surface area contributed by atoms with Crippen LogP contribution in [0.25, 0.3) is 0 Å². The third-order valence-corrected chi connectivity index (χ3v) is 7.00. The highest BCUT2D eigenvalue weighted by Gasteiger charge is 2.18. The molecule has 3 aromatic rings. The zero-order valence-corrected chi connectivity index (χ0v) is 21.8. The Balaban J connectivity index is 1.45. The topological polar surface area (TPSA) is 32.8 Å². The summed E-state index contributed by atoms with van der Waals surface area (Å²) in [6.45, 7) is 3.56. The number of carbonyl (C=O) groups excluding carboxylic acids is 1. The molecule has 3 aromatic carbocycles. The smallest absolute Gasteiger partial charge is 0.222 e. The van der Waals surface area contributed by atoms with E-state index < -0.39 is 0 Å². The van der Waals surface area contributed by atoms with Crippen LogP contribution in [0.1, 0.15) is 62.5 Å². The van der Waals surface area contributed by atoms with Crippen LogP contribution in [0.5, 0.6) is 5.75 Å². The summed E-state index contributed by atoms with van der Waals surface area (Å²) in [6, 6.07) is 25.5. The Bertz CT molecular complexity index is 1100. The predicted octanol–water partition coefficient (Wildman–Crippen LogP) is 7.37. The van der Waals surface area contributed by atoms with E-state index in [1.807, 2.05) is 4.90 Å². The van der Waals surface area contributed by atoms with Gasteiger partial charge in [0, 0.05) is 38.3 Å². The summed E-state index contributed by atoms with van der Waals surface area (Å²) in [5.74, 6) is 0.00524. The number of rotatable bonds is 7. The van der Waals surface area contributed by atoms with Gasteiger partial charge in [0.05, 0.1) is 6.61 Å². The molecule has 0 aliphatic carbocycles. The lowest BCUT2D eigenvalue weighted by atomic mass is 10.1. The molecule has 1 aliphatic rings. The lowest BCUT2D eigenvalue weighted by Crippen LogP contribution is -2.33. The number of fused-ring (bicyclic) bond motifs is 1. The van der Waals surface area contributed by atoms with Gasteiger partial charge in [0.2, 0.25) is 5.91 Å². The summed E-state index contributed by atoms with van der Waals surface area (Å²) >= 11 is 0. The van der Waals surface area contributed by atoms with E-state index in [9.17, 15) is 9.18 Å². The molecule has 1 heterocycles. The minimum Gasteiger partial charge on any atom is -0.491 e. The van der Waals surface area contributed by atoms with Gasteiger partial charge in [-0.2, -0.15) is 0 Å². The van der Waals surface area contributed by atoms with Gasteiger partial charge >= 0.3 is 0 Å². The fraction of sp³-hybridized carbons (Fsp3) is 0.406. The molecule has 0 unspecified atom stereocenters. The summed E-state index contributed by atoms with van der Waals surface area (Å²) in [5, 5.41) is 0. The summed E-state index contributed by atoms with van der Waals surface area (Å²) in [5.41, 5.74) is 3.70. The number of carbonyl (C=O) groups is 1. The molecule has 0 aromatic heterocycles. The van der Waals surface area contributed by atoms with E-state index in [2.05, 4.69) is 59.5 Å². The van der Waals surface area contributed by atoms with Crippen molar-refractivity contribution in [3.05, 3.63) is 95.8 Å². The zero-order chi connectivity index (χ0) is 25.7. The van der Waals surface area contributed by atoms with Crippen LogP contribution in [-0.2, 0) is 17.9 Å². The first-order valence-electron chi connectivity index (χ1n) is 13.7. The molecule has 0 saturated carbocycles. The van der Waals surface area contributed by atoms with Crippen LogP contribution in [0.2, 0.25) is 0 Å². The van der Waals surface area contributed by atoms with E-state index in [4.69, 9.17) is 4.74 Å². The molecular weight excluding hydrogens is 463 g/mol. The van der Waals surface area contributed by atoms with Crippen LogP contribution in [0.15, 0.2) is 78.9 Å². The molecule has 4 rings (SSSR count). The van der Waals surface area contributed by atoms with Crippen molar-refractivity contribution in [3.8, 4) is 5.75 Å².